The summed E-state index contributed by atoms with van der Waals surface area (Å²) in [5.41, 5.74) is 4.73. The molecule has 0 heterocycles. The Morgan fingerprint density at radius 3 is 1.94 bits per heavy atom. The Hall–Kier alpha value is -3.61. The molecular weight excluding hydrogens is 472 g/mol. The predicted molar refractivity (Wildman–Crippen MR) is 141 cm³/mol. The zero-order chi connectivity index (χ0) is 25.4. The highest BCUT2D eigenvalue weighted by molar-refractivity contribution is 7.85. The summed E-state index contributed by atoms with van der Waals surface area (Å²) >= 11 is 0. The second-order valence-electron chi connectivity index (χ2n) is 8.76. The molecule has 6 heteroatoms. The van der Waals surface area contributed by atoms with Gasteiger partial charge in [-0.3, -0.25) is 4.55 Å². The molecule has 0 saturated carbocycles. The highest BCUT2D eigenvalue weighted by Crippen LogP contribution is 2.29. The average Bonchev–Trinajstić information content (AvgIpc) is 2.87. The zero-order valence-corrected chi connectivity index (χ0v) is 21.1. The molecule has 0 amide bonds. The first kappa shape index (κ1) is 25.5. The van der Waals surface area contributed by atoms with Crippen molar-refractivity contribution in [2.75, 3.05) is 0 Å². The third-order valence-corrected chi connectivity index (χ3v) is 6.86. The first-order valence-corrected chi connectivity index (χ1v) is 13.4. The van der Waals surface area contributed by atoms with E-state index in [2.05, 4.69) is 0 Å². The van der Waals surface area contributed by atoms with Crippen molar-refractivity contribution in [3.63, 3.8) is 0 Å². The van der Waals surface area contributed by atoms with Gasteiger partial charge in [-0.1, -0.05) is 84.4 Å². The van der Waals surface area contributed by atoms with Gasteiger partial charge in [-0.05, 0) is 60.6 Å². The number of rotatable bonds is 11. The Morgan fingerprint density at radius 2 is 1.31 bits per heavy atom. The van der Waals surface area contributed by atoms with Crippen molar-refractivity contribution < 1.29 is 22.4 Å². The lowest BCUT2D eigenvalue weighted by molar-refractivity contribution is 0.287. The van der Waals surface area contributed by atoms with E-state index in [4.69, 9.17) is 9.47 Å². The van der Waals surface area contributed by atoms with Crippen molar-refractivity contribution in [1.82, 2.24) is 0 Å². The fourth-order valence-corrected chi connectivity index (χ4v) is 4.80. The Kier molecular flexibility index (Phi) is 8.41. The summed E-state index contributed by atoms with van der Waals surface area (Å²) in [6.45, 7) is 2.80. The summed E-state index contributed by atoms with van der Waals surface area (Å²) in [4.78, 5) is -0.0293. The molecule has 186 valence electrons. The van der Waals surface area contributed by atoms with Crippen molar-refractivity contribution in [2.45, 2.75) is 44.3 Å². The van der Waals surface area contributed by atoms with Crippen LogP contribution in [0.2, 0.25) is 0 Å². The van der Waals surface area contributed by atoms with Crippen LogP contribution in [0.3, 0.4) is 0 Å². The summed E-state index contributed by atoms with van der Waals surface area (Å²) in [5.74, 6) is 1.46. The van der Waals surface area contributed by atoms with Gasteiger partial charge in [-0.25, -0.2) is 0 Å². The smallest absolute Gasteiger partial charge is 0.294 e. The van der Waals surface area contributed by atoms with Crippen LogP contribution in [0.25, 0.3) is 0 Å². The van der Waals surface area contributed by atoms with Gasteiger partial charge in [-0.15, -0.1) is 0 Å². The average molecular weight is 503 g/mol. The van der Waals surface area contributed by atoms with Crippen LogP contribution in [0.1, 0.15) is 34.2 Å². The third kappa shape index (κ3) is 7.20. The van der Waals surface area contributed by atoms with E-state index in [1.54, 1.807) is 6.07 Å². The molecular formula is C30H30O5S. The minimum absolute atomic E-state index is 0.0293. The molecule has 0 fully saturated rings. The van der Waals surface area contributed by atoms with Crippen LogP contribution in [0.5, 0.6) is 11.5 Å². The van der Waals surface area contributed by atoms with Crippen LogP contribution in [-0.2, 0) is 36.2 Å². The molecule has 0 aromatic heterocycles. The van der Waals surface area contributed by atoms with E-state index in [1.807, 2.05) is 91.9 Å². The quantitative estimate of drug-likeness (QED) is 0.235. The highest BCUT2D eigenvalue weighted by Gasteiger charge is 2.16. The molecule has 5 nitrogen and oxygen atoms in total. The molecule has 36 heavy (non-hydrogen) atoms. The van der Waals surface area contributed by atoms with E-state index in [0.717, 1.165) is 33.8 Å². The highest BCUT2D eigenvalue weighted by atomic mass is 32.2. The standard InChI is InChI=1S/C30H30O5S/c1-23-15-18-30(36(31,32)33)27(19-23)14-8-13-26-16-17-28(34-21-24-9-4-2-5-10-24)20-29(26)35-22-25-11-6-3-7-12-25/h2-7,9-12,15-20H,8,13-14,21-22H2,1H3,(H,31,32,33). The lowest BCUT2D eigenvalue weighted by atomic mass is 10.0. The van der Waals surface area contributed by atoms with Gasteiger partial charge in [0.25, 0.3) is 10.1 Å². The van der Waals surface area contributed by atoms with E-state index < -0.39 is 10.1 Å². The van der Waals surface area contributed by atoms with Crippen molar-refractivity contribution in [2.24, 2.45) is 0 Å². The zero-order valence-electron chi connectivity index (χ0n) is 20.3. The molecule has 4 aromatic carbocycles. The molecule has 0 aliphatic carbocycles. The Morgan fingerprint density at radius 1 is 0.694 bits per heavy atom. The van der Waals surface area contributed by atoms with Gasteiger partial charge in [0.1, 0.15) is 24.7 Å². The van der Waals surface area contributed by atoms with Crippen molar-refractivity contribution in [1.29, 1.82) is 0 Å². The SMILES string of the molecule is Cc1ccc(S(=O)(=O)O)c(CCCc2ccc(OCc3ccccc3)cc2OCc2ccccc2)c1. The van der Waals surface area contributed by atoms with Gasteiger partial charge in [0.15, 0.2) is 0 Å². The molecule has 4 rings (SSSR count). The molecule has 1 N–H and O–H groups in total. The van der Waals surface area contributed by atoms with E-state index >= 15 is 0 Å². The fourth-order valence-electron chi connectivity index (χ4n) is 4.07. The number of aryl methyl sites for hydroxylation is 3. The summed E-state index contributed by atoms with van der Waals surface area (Å²) < 4.78 is 45.4. The number of hydrogen-bond donors (Lipinski definition) is 1. The normalized spacial score (nSPS) is 11.3. The van der Waals surface area contributed by atoms with Crippen molar-refractivity contribution in [3.8, 4) is 11.5 Å². The van der Waals surface area contributed by atoms with Crippen LogP contribution in [0.4, 0.5) is 0 Å². The molecule has 0 spiro atoms. The van der Waals surface area contributed by atoms with Gasteiger partial charge >= 0.3 is 0 Å². The summed E-state index contributed by atoms with van der Waals surface area (Å²) in [7, 11) is -4.27. The topological polar surface area (TPSA) is 72.8 Å². The molecule has 0 aliphatic rings. The minimum atomic E-state index is -4.27. The van der Waals surface area contributed by atoms with Gasteiger partial charge in [0, 0.05) is 6.07 Å². The van der Waals surface area contributed by atoms with Crippen LogP contribution in [0, 0.1) is 6.92 Å². The lowest BCUT2D eigenvalue weighted by Crippen LogP contribution is -2.05. The van der Waals surface area contributed by atoms with Gasteiger partial charge in [0.05, 0.1) is 4.90 Å². The monoisotopic (exact) mass is 502 g/mol. The molecule has 0 saturated heterocycles. The van der Waals surface area contributed by atoms with Gasteiger partial charge in [-0.2, -0.15) is 8.42 Å². The predicted octanol–water partition coefficient (Wildman–Crippen LogP) is 6.58. The molecule has 0 unspecified atom stereocenters. The first-order valence-electron chi connectivity index (χ1n) is 11.9. The second-order valence-corrected chi connectivity index (χ2v) is 10.1. The van der Waals surface area contributed by atoms with Crippen LogP contribution < -0.4 is 9.47 Å². The lowest BCUT2D eigenvalue weighted by Gasteiger charge is -2.15. The van der Waals surface area contributed by atoms with Gasteiger partial charge < -0.3 is 9.47 Å². The Labute approximate surface area is 213 Å². The van der Waals surface area contributed by atoms with Crippen LogP contribution in [-0.4, -0.2) is 13.0 Å². The summed E-state index contributed by atoms with van der Waals surface area (Å²) in [6.07, 6.45) is 1.89. The fraction of sp³-hybridized carbons (Fsp3) is 0.200. The van der Waals surface area contributed by atoms with E-state index in [1.165, 1.54) is 6.07 Å². The third-order valence-electron chi connectivity index (χ3n) is 5.91. The second kappa shape index (κ2) is 11.9. The maximum absolute atomic E-state index is 11.8. The maximum Gasteiger partial charge on any atom is 0.294 e. The van der Waals surface area contributed by atoms with Crippen molar-refractivity contribution in [3.05, 3.63) is 125 Å². The first-order chi connectivity index (χ1) is 17.4. The summed E-state index contributed by atoms with van der Waals surface area (Å²) in [5, 5.41) is 0. The van der Waals surface area contributed by atoms with Crippen LogP contribution in [0.15, 0.2) is 102 Å². The Balaban J connectivity index is 1.49. The molecule has 0 bridgehead atoms. The number of hydrogen-bond acceptors (Lipinski definition) is 4. The van der Waals surface area contributed by atoms with Crippen molar-refractivity contribution >= 4 is 10.1 Å². The maximum atomic E-state index is 11.8. The van der Waals surface area contributed by atoms with Crippen LogP contribution >= 0.6 is 0 Å². The number of ether oxygens (including phenoxy) is 2. The van der Waals surface area contributed by atoms with E-state index in [0.29, 0.717) is 38.0 Å². The molecule has 0 atom stereocenters. The summed E-state index contributed by atoms with van der Waals surface area (Å²) in [6, 6.07) is 30.8. The minimum Gasteiger partial charge on any atom is -0.489 e. The number of benzene rings is 4. The molecule has 0 aliphatic heterocycles. The van der Waals surface area contributed by atoms with E-state index in [-0.39, 0.29) is 4.90 Å². The Bertz CT molecular complexity index is 1380. The molecule has 0 radical (unpaired) electrons. The molecule has 4 aromatic rings. The largest absolute Gasteiger partial charge is 0.489 e. The van der Waals surface area contributed by atoms with E-state index in [9.17, 15) is 13.0 Å². The van der Waals surface area contributed by atoms with Gasteiger partial charge in [0.2, 0.25) is 0 Å².